The average molecular weight is 334 g/mol. The third kappa shape index (κ3) is 3.75. The van der Waals surface area contributed by atoms with Crippen molar-refractivity contribution < 1.29 is 29.3 Å². The van der Waals surface area contributed by atoms with Crippen LogP contribution in [0.5, 0.6) is 11.5 Å². The highest BCUT2D eigenvalue weighted by Crippen LogP contribution is 2.33. The van der Waals surface area contributed by atoms with Gasteiger partial charge in [-0.3, -0.25) is 0 Å². The Morgan fingerprint density at radius 1 is 0.826 bits per heavy atom. The topological polar surface area (TPSA) is 93.1 Å². The van der Waals surface area contributed by atoms with E-state index in [0.717, 1.165) is 0 Å². The molecule has 2 N–H and O–H groups in total. The fourth-order valence-electron chi connectivity index (χ4n) is 1.97. The van der Waals surface area contributed by atoms with Crippen molar-refractivity contribution >= 4 is 23.7 Å². The number of carboxylic acid groups (broad SMARTS) is 2. The molecule has 0 saturated carbocycles. The molecule has 0 fully saturated rings. The molecule has 0 atom stereocenters. The van der Waals surface area contributed by atoms with Gasteiger partial charge in [-0.05, 0) is 36.4 Å². The van der Waals surface area contributed by atoms with Gasteiger partial charge in [-0.2, -0.15) is 0 Å². The third-order valence-electron chi connectivity index (χ3n) is 3.04. The largest absolute Gasteiger partial charge is 0.496 e. The van der Waals surface area contributed by atoms with Crippen LogP contribution in [-0.2, 0) is 0 Å². The third-order valence-corrected chi connectivity index (χ3v) is 4.02. The summed E-state index contributed by atoms with van der Waals surface area (Å²) in [5, 5.41) is 18.4. The van der Waals surface area contributed by atoms with Gasteiger partial charge in [0.1, 0.15) is 22.6 Å². The normalized spacial score (nSPS) is 10.2. The lowest BCUT2D eigenvalue weighted by molar-refractivity contribution is 0.0682. The lowest BCUT2D eigenvalue weighted by atomic mass is 10.2. The van der Waals surface area contributed by atoms with Crippen molar-refractivity contribution in [3.63, 3.8) is 0 Å². The molecule has 0 unspecified atom stereocenters. The zero-order valence-corrected chi connectivity index (χ0v) is 13.2. The summed E-state index contributed by atoms with van der Waals surface area (Å²) >= 11 is 1.25. The summed E-state index contributed by atoms with van der Waals surface area (Å²) in [6.07, 6.45) is 0. The maximum atomic E-state index is 11.2. The van der Waals surface area contributed by atoms with E-state index in [1.54, 1.807) is 24.3 Å². The van der Waals surface area contributed by atoms with Gasteiger partial charge in [0.2, 0.25) is 0 Å². The van der Waals surface area contributed by atoms with Crippen LogP contribution in [0.1, 0.15) is 20.7 Å². The molecule has 23 heavy (non-hydrogen) atoms. The zero-order chi connectivity index (χ0) is 17.0. The summed E-state index contributed by atoms with van der Waals surface area (Å²) in [7, 11) is 2.80. The van der Waals surface area contributed by atoms with Crippen LogP contribution in [0.3, 0.4) is 0 Å². The second-order valence-electron chi connectivity index (χ2n) is 4.44. The number of rotatable bonds is 6. The monoisotopic (exact) mass is 334 g/mol. The molecule has 0 saturated heterocycles. The lowest BCUT2D eigenvalue weighted by Gasteiger charge is -2.09. The Morgan fingerprint density at radius 2 is 1.22 bits per heavy atom. The summed E-state index contributed by atoms with van der Waals surface area (Å²) < 4.78 is 10.0. The van der Waals surface area contributed by atoms with Gasteiger partial charge in [0, 0.05) is 9.79 Å². The second kappa shape index (κ2) is 7.06. The van der Waals surface area contributed by atoms with Gasteiger partial charge in [0.15, 0.2) is 0 Å². The minimum Gasteiger partial charge on any atom is -0.496 e. The smallest absolute Gasteiger partial charge is 0.339 e. The van der Waals surface area contributed by atoms with Gasteiger partial charge in [0.05, 0.1) is 14.2 Å². The van der Waals surface area contributed by atoms with Crippen LogP contribution in [0.25, 0.3) is 0 Å². The van der Waals surface area contributed by atoms with E-state index in [-0.39, 0.29) is 22.6 Å². The fraction of sp³-hybridized carbons (Fsp3) is 0.125. The van der Waals surface area contributed by atoms with Gasteiger partial charge in [-0.25, -0.2) is 9.59 Å². The zero-order valence-electron chi connectivity index (χ0n) is 12.4. The Morgan fingerprint density at radius 3 is 1.52 bits per heavy atom. The van der Waals surface area contributed by atoms with Crippen LogP contribution < -0.4 is 9.47 Å². The minimum absolute atomic E-state index is 0.0458. The van der Waals surface area contributed by atoms with E-state index in [1.807, 2.05) is 0 Å². The van der Waals surface area contributed by atoms with Gasteiger partial charge in [0.25, 0.3) is 0 Å². The SMILES string of the molecule is COc1ccc(Sc2ccc(OC)c(C(=O)O)c2)cc1C(=O)O. The number of aromatic carboxylic acids is 2. The number of ether oxygens (including phenoxy) is 2. The number of hydrogen-bond acceptors (Lipinski definition) is 5. The first kappa shape index (κ1) is 16.7. The molecule has 0 aromatic heterocycles. The first-order valence-electron chi connectivity index (χ1n) is 6.46. The molecule has 0 aliphatic carbocycles. The molecular formula is C16H14O6S. The van der Waals surface area contributed by atoms with Gasteiger partial charge in [-0.1, -0.05) is 11.8 Å². The molecule has 2 aromatic rings. The summed E-state index contributed by atoms with van der Waals surface area (Å²) in [4.78, 5) is 23.8. The number of methoxy groups -OCH3 is 2. The summed E-state index contributed by atoms with van der Waals surface area (Å²) in [5.74, 6) is -1.65. The second-order valence-corrected chi connectivity index (χ2v) is 5.58. The molecule has 2 rings (SSSR count). The first-order chi connectivity index (χ1) is 11.0. The molecule has 7 heteroatoms. The maximum Gasteiger partial charge on any atom is 0.339 e. The summed E-state index contributed by atoms with van der Waals surface area (Å²) in [5.41, 5.74) is 0.0916. The van der Waals surface area contributed by atoms with Crippen molar-refractivity contribution in [2.75, 3.05) is 14.2 Å². The Kier molecular flexibility index (Phi) is 5.13. The standard InChI is InChI=1S/C16H14O6S/c1-21-13-5-3-9(7-11(13)15(17)18)23-10-4-6-14(22-2)12(8-10)16(19)20/h3-8H,1-2H3,(H,17,18)(H,19,20). The fourth-order valence-corrected chi connectivity index (χ4v) is 2.87. The van der Waals surface area contributed by atoms with Crippen LogP contribution in [0.4, 0.5) is 0 Å². The average Bonchev–Trinajstić information content (AvgIpc) is 2.54. The molecule has 0 amide bonds. The van der Waals surface area contributed by atoms with Crippen molar-refractivity contribution in [3.8, 4) is 11.5 Å². The van der Waals surface area contributed by atoms with E-state index in [0.29, 0.717) is 9.79 Å². The van der Waals surface area contributed by atoms with E-state index in [1.165, 1.54) is 38.1 Å². The highest BCUT2D eigenvalue weighted by molar-refractivity contribution is 7.99. The van der Waals surface area contributed by atoms with Crippen molar-refractivity contribution in [3.05, 3.63) is 47.5 Å². The van der Waals surface area contributed by atoms with Crippen molar-refractivity contribution in [2.45, 2.75) is 9.79 Å². The molecule has 0 radical (unpaired) electrons. The van der Waals surface area contributed by atoms with Crippen molar-refractivity contribution in [1.82, 2.24) is 0 Å². The number of benzene rings is 2. The van der Waals surface area contributed by atoms with E-state index in [9.17, 15) is 19.8 Å². The highest BCUT2D eigenvalue weighted by Gasteiger charge is 2.14. The van der Waals surface area contributed by atoms with E-state index >= 15 is 0 Å². The quantitative estimate of drug-likeness (QED) is 0.837. The predicted molar refractivity (Wildman–Crippen MR) is 84.0 cm³/mol. The lowest BCUT2D eigenvalue weighted by Crippen LogP contribution is -2.01. The molecule has 0 heterocycles. The van der Waals surface area contributed by atoms with E-state index in [4.69, 9.17) is 9.47 Å². The molecule has 120 valence electrons. The maximum absolute atomic E-state index is 11.2. The number of hydrogen-bond donors (Lipinski definition) is 2. The summed E-state index contributed by atoms with van der Waals surface area (Å²) in [6, 6.07) is 9.51. The number of carboxylic acids is 2. The van der Waals surface area contributed by atoms with Crippen molar-refractivity contribution in [1.29, 1.82) is 0 Å². The Bertz CT molecular complexity index is 693. The Balaban J connectivity index is 2.36. The molecule has 6 nitrogen and oxygen atoms in total. The van der Waals surface area contributed by atoms with Gasteiger partial charge >= 0.3 is 11.9 Å². The predicted octanol–water partition coefficient (Wildman–Crippen LogP) is 3.25. The van der Waals surface area contributed by atoms with Gasteiger partial charge in [-0.15, -0.1) is 0 Å². The highest BCUT2D eigenvalue weighted by atomic mass is 32.2. The van der Waals surface area contributed by atoms with E-state index in [2.05, 4.69) is 0 Å². The van der Waals surface area contributed by atoms with Crippen LogP contribution in [0.2, 0.25) is 0 Å². The minimum atomic E-state index is -1.09. The molecule has 2 aromatic carbocycles. The van der Waals surface area contributed by atoms with E-state index < -0.39 is 11.9 Å². The molecule has 0 bridgehead atoms. The van der Waals surface area contributed by atoms with Crippen LogP contribution in [0, 0.1) is 0 Å². The molecule has 0 aliphatic rings. The van der Waals surface area contributed by atoms with Crippen LogP contribution in [-0.4, -0.2) is 36.4 Å². The molecule has 0 aliphatic heterocycles. The van der Waals surface area contributed by atoms with Crippen LogP contribution in [0.15, 0.2) is 46.2 Å². The number of carbonyl (C=O) groups is 2. The summed E-state index contributed by atoms with van der Waals surface area (Å²) in [6.45, 7) is 0. The Hall–Kier alpha value is -2.67. The van der Waals surface area contributed by atoms with Gasteiger partial charge < -0.3 is 19.7 Å². The van der Waals surface area contributed by atoms with Crippen LogP contribution >= 0.6 is 11.8 Å². The van der Waals surface area contributed by atoms with Crippen molar-refractivity contribution in [2.24, 2.45) is 0 Å². The Labute approximate surface area is 136 Å². The molecule has 0 spiro atoms. The molecular weight excluding hydrogens is 320 g/mol. The first-order valence-corrected chi connectivity index (χ1v) is 7.28.